The van der Waals surface area contributed by atoms with Crippen LogP contribution in [0.25, 0.3) is 0 Å². The summed E-state index contributed by atoms with van der Waals surface area (Å²) in [6, 6.07) is 15.7. The monoisotopic (exact) mass is 321 g/mol. The quantitative estimate of drug-likeness (QED) is 0.607. The number of phenolic OH excluding ortho intramolecular Hbond substituents is 1. The number of phenols is 1. The van der Waals surface area contributed by atoms with E-state index < -0.39 is 0 Å². The van der Waals surface area contributed by atoms with Crippen LogP contribution in [0.15, 0.2) is 53.4 Å². The predicted molar refractivity (Wildman–Crippen MR) is 82.9 cm³/mol. The van der Waals surface area contributed by atoms with Gasteiger partial charge in [-0.05, 0) is 30.4 Å². The maximum atomic E-state index is 9.75. The van der Waals surface area contributed by atoms with Crippen molar-refractivity contribution in [2.24, 2.45) is 0 Å². The fourth-order valence-corrected chi connectivity index (χ4v) is 2.70. The zero-order valence-corrected chi connectivity index (χ0v) is 14.0. The summed E-state index contributed by atoms with van der Waals surface area (Å²) in [5.41, 5.74) is 2.04. The van der Waals surface area contributed by atoms with Crippen LogP contribution in [-0.4, -0.2) is 10.9 Å². The number of para-hydroxylation sites is 2. The molecule has 4 heteroatoms. The van der Waals surface area contributed by atoms with Crippen molar-refractivity contribution in [1.29, 1.82) is 0 Å². The number of nitrogens with one attached hydrogen (secondary N) is 1. The van der Waals surface area contributed by atoms with Crippen LogP contribution >= 0.6 is 11.8 Å². The van der Waals surface area contributed by atoms with E-state index >= 15 is 0 Å². The first kappa shape index (κ1) is 17.2. The van der Waals surface area contributed by atoms with Crippen LogP contribution in [0.2, 0.25) is 0 Å². The molecule has 0 aliphatic heterocycles. The Balaban J connectivity index is 0.00000200. The Morgan fingerprint density at radius 3 is 2.50 bits per heavy atom. The van der Waals surface area contributed by atoms with Crippen molar-refractivity contribution in [3.8, 4) is 5.75 Å². The molecule has 0 atom stereocenters. The Morgan fingerprint density at radius 2 is 1.75 bits per heavy atom. The zero-order valence-electron chi connectivity index (χ0n) is 11.6. The minimum Gasteiger partial charge on any atom is -0.508 e. The van der Waals surface area contributed by atoms with Gasteiger partial charge in [0.2, 0.25) is 0 Å². The number of hydrogen-bond acceptors (Lipinski definition) is 3. The van der Waals surface area contributed by atoms with Crippen LogP contribution in [0.3, 0.4) is 0 Å². The molecule has 0 aliphatic carbocycles. The van der Waals surface area contributed by atoms with Crippen molar-refractivity contribution >= 4 is 17.4 Å². The molecular weight excluding hydrogens is 302 g/mol. The molecule has 2 rings (SSSR count). The van der Waals surface area contributed by atoms with E-state index in [0.29, 0.717) is 12.3 Å². The van der Waals surface area contributed by atoms with Gasteiger partial charge in [-0.3, -0.25) is 0 Å². The van der Waals surface area contributed by atoms with E-state index in [1.54, 1.807) is 6.07 Å². The zero-order chi connectivity index (χ0) is 13.5. The molecule has 0 bridgehead atoms. The van der Waals surface area contributed by atoms with Crippen LogP contribution in [0, 0.1) is 0 Å². The molecule has 0 spiro atoms. The Kier molecular flexibility index (Phi) is 7.82. The second kappa shape index (κ2) is 9.12. The summed E-state index contributed by atoms with van der Waals surface area (Å²) >= 11 is 1.86. The van der Waals surface area contributed by atoms with Gasteiger partial charge in [-0.25, -0.2) is 0 Å². The fourth-order valence-electron chi connectivity index (χ4n) is 1.80. The number of hydrogen-bond donors (Lipinski definition) is 2. The van der Waals surface area contributed by atoms with Crippen LogP contribution in [-0.2, 0) is 28.3 Å². The summed E-state index contributed by atoms with van der Waals surface area (Å²) in [6.07, 6.45) is 1.17. The summed E-state index contributed by atoms with van der Waals surface area (Å²) in [7, 11) is 0. The third kappa shape index (κ3) is 4.89. The van der Waals surface area contributed by atoms with E-state index in [0.717, 1.165) is 17.0 Å². The van der Waals surface area contributed by atoms with Crippen LogP contribution < -0.4 is 5.32 Å². The molecule has 0 fully saturated rings. The predicted octanol–water partition coefficient (Wildman–Crippen LogP) is 4.50. The minimum absolute atomic E-state index is 0. The van der Waals surface area contributed by atoms with Crippen molar-refractivity contribution in [2.45, 2.75) is 24.8 Å². The van der Waals surface area contributed by atoms with Gasteiger partial charge in [-0.1, -0.05) is 37.3 Å². The van der Waals surface area contributed by atoms with Crippen molar-refractivity contribution < 1.29 is 26.8 Å². The molecule has 0 aliphatic rings. The second-order valence-electron chi connectivity index (χ2n) is 4.33. The van der Waals surface area contributed by atoms with Crippen molar-refractivity contribution in [2.75, 3.05) is 11.1 Å². The van der Waals surface area contributed by atoms with Gasteiger partial charge in [-0.2, -0.15) is 0 Å². The first-order valence-corrected chi connectivity index (χ1v) is 7.52. The van der Waals surface area contributed by atoms with Crippen LogP contribution in [0.1, 0.15) is 18.9 Å². The van der Waals surface area contributed by atoms with Gasteiger partial charge in [0.15, 0.2) is 0 Å². The van der Waals surface area contributed by atoms with Gasteiger partial charge in [0, 0.05) is 44.4 Å². The smallest absolute Gasteiger partial charge is 0.120 e. The van der Waals surface area contributed by atoms with Crippen molar-refractivity contribution in [3.05, 3.63) is 54.1 Å². The molecule has 0 saturated carbocycles. The van der Waals surface area contributed by atoms with Crippen molar-refractivity contribution in [1.82, 2.24) is 0 Å². The molecule has 2 nitrogen and oxygen atoms in total. The topological polar surface area (TPSA) is 32.3 Å². The van der Waals surface area contributed by atoms with Crippen LogP contribution in [0.4, 0.5) is 5.69 Å². The normalized spacial score (nSPS) is 9.85. The summed E-state index contributed by atoms with van der Waals surface area (Å²) in [5.74, 6) is 1.46. The van der Waals surface area contributed by atoms with Gasteiger partial charge in [0.1, 0.15) is 5.75 Å². The summed E-state index contributed by atoms with van der Waals surface area (Å²) in [4.78, 5) is 1.26. The molecule has 0 aromatic heterocycles. The number of anilines is 1. The van der Waals surface area contributed by atoms with E-state index in [4.69, 9.17) is 0 Å². The molecule has 0 amide bonds. The molecule has 0 heterocycles. The van der Waals surface area contributed by atoms with Crippen LogP contribution in [0.5, 0.6) is 5.75 Å². The Bertz CT molecular complexity index is 533. The Labute approximate surface area is 139 Å². The van der Waals surface area contributed by atoms with E-state index in [1.165, 1.54) is 11.3 Å². The largest absolute Gasteiger partial charge is 0.508 e. The van der Waals surface area contributed by atoms with Crippen molar-refractivity contribution in [3.63, 3.8) is 0 Å². The third-order valence-electron chi connectivity index (χ3n) is 2.81. The van der Waals surface area contributed by atoms with Gasteiger partial charge in [-0.15, -0.1) is 11.8 Å². The Morgan fingerprint density at radius 1 is 1.05 bits per heavy atom. The molecular formula is C16H19NOSTi. The summed E-state index contributed by atoms with van der Waals surface area (Å²) in [6.45, 7) is 2.82. The molecule has 0 radical (unpaired) electrons. The SMILES string of the molecule is CCCSc1ccccc1NCc1ccccc1O.[Ti]. The molecule has 2 aromatic rings. The molecule has 2 N–H and O–H groups in total. The van der Waals surface area contributed by atoms with Gasteiger partial charge in [0.25, 0.3) is 0 Å². The van der Waals surface area contributed by atoms with E-state index in [1.807, 2.05) is 36.0 Å². The first-order chi connectivity index (χ1) is 9.31. The van der Waals surface area contributed by atoms with Gasteiger partial charge >= 0.3 is 0 Å². The molecule has 2 aromatic carbocycles. The number of rotatable bonds is 6. The number of aromatic hydroxyl groups is 1. The second-order valence-corrected chi connectivity index (χ2v) is 5.46. The maximum Gasteiger partial charge on any atom is 0.120 e. The maximum absolute atomic E-state index is 9.75. The van der Waals surface area contributed by atoms with E-state index in [-0.39, 0.29) is 21.7 Å². The Hall–Kier alpha value is -0.896. The first-order valence-electron chi connectivity index (χ1n) is 6.54. The molecule has 104 valence electrons. The average Bonchev–Trinajstić information content (AvgIpc) is 2.45. The summed E-state index contributed by atoms with van der Waals surface area (Å²) < 4.78 is 0. The summed E-state index contributed by atoms with van der Waals surface area (Å²) in [5, 5.41) is 13.2. The fraction of sp³-hybridized carbons (Fsp3) is 0.250. The molecule has 0 unspecified atom stereocenters. The van der Waals surface area contributed by atoms with Gasteiger partial charge < -0.3 is 10.4 Å². The van der Waals surface area contributed by atoms with E-state index in [2.05, 4.69) is 30.4 Å². The number of benzene rings is 2. The third-order valence-corrected chi connectivity index (χ3v) is 4.09. The minimum atomic E-state index is 0. The van der Waals surface area contributed by atoms with E-state index in [9.17, 15) is 5.11 Å². The molecule has 0 saturated heterocycles. The van der Waals surface area contributed by atoms with Gasteiger partial charge in [0.05, 0.1) is 0 Å². The average molecular weight is 321 g/mol. The standard InChI is InChI=1S/C16H19NOS.Ti/c1-2-11-19-16-10-6-4-8-14(16)17-12-13-7-3-5-9-15(13)18;/h3-10,17-18H,2,11-12H2,1H3;. The number of thioether (sulfide) groups is 1. The molecule has 20 heavy (non-hydrogen) atoms.